The molecule has 1 N–H and O–H groups in total. The number of rotatable bonds is 10. The molecule has 0 bridgehead atoms. The van der Waals surface area contributed by atoms with Crippen molar-refractivity contribution in [2.75, 3.05) is 0 Å². The normalized spacial score (nSPS) is 12.6. The van der Waals surface area contributed by atoms with Crippen molar-refractivity contribution in [2.45, 2.75) is 105 Å². The maximum Gasteiger partial charge on any atom is 0.164 e. The van der Waals surface area contributed by atoms with E-state index in [9.17, 15) is 9.90 Å². The molecule has 0 atom stereocenters. The van der Waals surface area contributed by atoms with E-state index in [-0.39, 0.29) is 47.9 Å². The van der Waals surface area contributed by atoms with Crippen LogP contribution < -0.4 is 0 Å². The van der Waals surface area contributed by atoms with Gasteiger partial charge in [-0.1, -0.05) is 85.9 Å². The number of hydrogen-bond acceptors (Lipinski definition) is 7. The van der Waals surface area contributed by atoms with E-state index in [1.165, 1.54) is 42.3 Å². The molecule has 4 nitrogen and oxygen atoms in total. The quantitative estimate of drug-likeness (QED) is 0.0655. The average molecular weight is 878 g/mol. The van der Waals surface area contributed by atoms with Gasteiger partial charge in [-0.3, -0.25) is 9.78 Å². The molecule has 0 fully saturated rings. The zero-order chi connectivity index (χ0) is 34.7. The molecule has 259 valence electrons. The van der Waals surface area contributed by atoms with Crippen LogP contribution in [-0.2, 0) is 30.3 Å². The molecule has 0 amide bonds. The van der Waals surface area contributed by atoms with Crippen molar-refractivity contribution in [3.8, 4) is 11.3 Å². The Kier molecular flexibility index (Phi) is 13.5. The second-order valence-electron chi connectivity index (χ2n) is 13.8. The van der Waals surface area contributed by atoms with Crippen LogP contribution in [0.15, 0.2) is 64.7 Å². The summed E-state index contributed by atoms with van der Waals surface area (Å²) in [6, 6.07) is 12.2. The molecule has 0 aliphatic heterocycles. The van der Waals surface area contributed by atoms with Crippen LogP contribution in [0.4, 0.5) is 0 Å². The van der Waals surface area contributed by atoms with Gasteiger partial charge in [-0.15, -0.1) is 52.0 Å². The van der Waals surface area contributed by atoms with Gasteiger partial charge in [0, 0.05) is 52.8 Å². The Hall–Kier alpha value is -2.35. The van der Waals surface area contributed by atoms with Crippen LogP contribution in [0.3, 0.4) is 0 Å². The van der Waals surface area contributed by atoms with Crippen molar-refractivity contribution in [1.29, 1.82) is 0 Å². The number of benzene rings is 2. The molecule has 5 aromatic rings. The van der Waals surface area contributed by atoms with Crippen LogP contribution in [-0.4, -0.2) is 20.9 Å². The predicted molar refractivity (Wildman–Crippen MR) is 207 cm³/mol. The van der Waals surface area contributed by atoms with E-state index in [0.717, 1.165) is 47.2 Å². The third-order valence-corrected chi connectivity index (χ3v) is 13.2. The number of thioether (sulfide) groups is 1. The van der Waals surface area contributed by atoms with Gasteiger partial charge in [0.05, 0.1) is 14.9 Å². The van der Waals surface area contributed by atoms with Crippen LogP contribution in [0.25, 0.3) is 41.6 Å². The van der Waals surface area contributed by atoms with Gasteiger partial charge < -0.3 is 5.11 Å². The molecule has 0 aliphatic carbocycles. The Bertz CT molecular complexity index is 1940. The van der Waals surface area contributed by atoms with Gasteiger partial charge in [0.1, 0.15) is 12.1 Å². The van der Waals surface area contributed by atoms with E-state index in [2.05, 4.69) is 75.0 Å². The van der Waals surface area contributed by atoms with E-state index in [4.69, 9.17) is 4.98 Å². The van der Waals surface area contributed by atoms with Crippen molar-refractivity contribution in [2.24, 2.45) is 10.8 Å². The molecular weight excluding hydrogens is 829 g/mol. The fourth-order valence-electron chi connectivity index (χ4n) is 5.52. The first-order chi connectivity index (χ1) is 22.2. The number of carbonyl (C=O) groups is 1. The minimum atomic E-state index is -0.337. The number of hydrogen-bond donors (Lipinski definition) is 1. The summed E-state index contributed by atoms with van der Waals surface area (Å²) in [5.41, 5.74) is 5.04. The predicted octanol–water partition coefficient (Wildman–Crippen LogP) is 13.0. The summed E-state index contributed by atoms with van der Waals surface area (Å²) in [4.78, 5) is 22.7. The van der Waals surface area contributed by atoms with E-state index >= 15 is 0 Å². The maximum atomic E-state index is 12.2. The van der Waals surface area contributed by atoms with E-state index in [1.54, 1.807) is 29.4 Å². The molecule has 0 saturated carbocycles. The summed E-state index contributed by atoms with van der Waals surface area (Å²) in [5.74, 6) is 0.286. The Morgan fingerprint density at radius 3 is 2.17 bits per heavy atom. The second kappa shape index (κ2) is 16.1. The van der Waals surface area contributed by atoms with Crippen molar-refractivity contribution >= 4 is 70.6 Å². The SMILES string of the molecule is C=CSc1c[c-]c(-c2ncnc3c2sc2c3ccc3c(C)csc32)cc1C(C)(C)C.CCC(C)(CC)C(=O)/C=C(\O)C(C)(CC)CC.[Ir]. The number of aromatic nitrogens is 2. The molecular formula is C40H49IrN2O2S3-. The molecule has 0 spiro atoms. The first-order valence-corrected chi connectivity index (χ1v) is 19.1. The van der Waals surface area contributed by atoms with Gasteiger partial charge >= 0.3 is 0 Å². The minimum absolute atomic E-state index is 0. The van der Waals surface area contributed by atoms with Gasteiger partial charge in [-0.05, 0) is 59.8 Å². The Labute approximate surface area is 312 Å². The third kappa shape index (κ3) is 8.00. The Morgan fingerprint density at radius 1 is 0.958 bits per heavy atom. The molecule has 5 rings (SSSR count). The van der Waals surface area contributed by atoms with Crippen LogP contribution >= 0.6 is 34.4 Å². The minimum Gasteiger partial charge on any atom is -0.512 e. The summed E-state index contributed by atoms with van der Waals surface area (Å²) >= 11 is 5.26. The third-order valence-electron chi connectivity index (χ3n) is 9.94. The number of nitrogens with zero attached hydrogens (tertiary/aromatic N) is 2. The first-order valence-electron chi connectivity index (χ1n) is 16.5. The first kappa shape index (κ1) is 40.1. The fourth-order valence-corrected chi connectivity index (χ4v) is 8.78. The van der Waals surface area contributed by atoms with Crippen molar-refractivity contribution in [3.05, 3.63) is 77.0 Å². The number of aliphatic hydroxyl groups is 1. The van der Waals surface area contributed by atoms with E-state index < -0.39 is 0 Å². The zero-order valence-corrected chi connectivity index (χ0v) is 34.8. The monoisotopic (exact) mass is 878 g/mol. The summed E-state index contributed by atoms with van der Waals surface area (Å²) in [6.45, 7) is 24.9. The van der Waals surface area contributed by atoms with Crippen molar-refractivity contribution in [3.63, 3.8) is 0 Å². The van der Waals surface area contributed by atoms with Crippen LogP contribution in [0.2, 0.25) is 0 Å². The molecule has 1 radical (unpaired) electrons. The molecule has 48 heavy (non-hydrogen) atoms. The fraction of sp³-hybridized carbons (Fsp3) is 0.425. The summed E-state index contributed by atoms with van der Waals surface area (Å²) in [6.07, 6.45) is 6.44. The average Bonchev–Trinajstić information content (AvgIpc) is 3.64. The van der Waals surface area contributed by atoms with Gasteiger partial charge in [-0.2, -0.15) is 11.8 Å². The number of carbonyl (C=O) groups excluding carboxylic acids is 1. The topological polar surface area (TPSA) is 63.1 Å². The standard InChI is InChI=1S/C25H21N2S3.C15H28O2.Ir/c1-6-28-19-10-7-15(11-18(19)25(3,4)5)20-24-21(27-13-26-20)17-9-8-16-14(2)12-29-22(16)23(17)30-24;1-7-14(5,8-2)12(16)11-13(17)15(6,9-3)10-4;/h6,8-13H,1H2,2-5H3;11,16H,7-10H2,1-6H3;/q-1;;/b;12-11-;. The summed E-state index contributed by atoms with van der Waals surface area (Å²) in [7, 11) is 0. The van der Waals surface area contributed by atoms with Crippen LogP contribution in [0.1, 0.15) is 99.1 Å². The molecule has 2 aromatic carbocycles. The smallest absolute Gasteiger partial charge is 0.164 e. The molecule has 0 saturated heterocycles. The molecule has 3 heterocycles. The number of allylic oxidation sites excluding steroid dienone is 2. The van der Waals surface area contributed by atoms with Gasteiger partial charge in [0.15, 0.2) is 5.78 Å². The summed E-state index contributed by atoms with van der Waals surface area (Å²) < 4.78 is 3.78. The Balaban J connectivity index is 0.000000301. The van der Waals surface area contributed by atoms with Gasteiger partial charge in [-0.25, -0.2) is 4.98 Å². The van der Waals surface area contributed by atoms with Crippen LogP contribution in [0.5, 0.6) is 0 Å². The largest absolute Gasteiger partial charge is 0.512 e. The second-order valence-corrected chi connectivity index (χ2v) is 16.7. The van der Waals surface area contributed by atoms with Gasteiger partial charge in [0.2, 0.25) is 0 Å². The van der Waals surface area contributed by atoms with Crippen molar-refractivity contribution < 1.29 is 30.0 Å². The van der Waals surface area contributed by atoms with E-state index in [1.807, 2.05) is 58.3 Å². The number of aliphatic hydroxyl groups excluding tert-OH is 1. The number of thiophene rings is 2. The molecule has 0 unspecified atom stereocenters. The number of ketones is 1. The molecule has 8 heteroatoms. The summed E-state index contributed by atoms with van der Waals surface area (Å²) in [5, 5.41) is 16.8. The van der Waals surface area contributed by atoms with E-state index in [0.29, 0.717) is 0 Å². The number of fused-ring (bicyclic) bond motifs is 5. The maximum absolute atomic E-state index is 12.2. The Morgan fingerprint density at radius 2 is 1.58 bits per heavy atom. The molecule has 0 aliphatic rings. The molecule has 3 aromatic heterocycles. The zero-order valence-electron chi connectivity index (χ0n) is 30.0. The van der Waals surface area contributed by atoms with Gasteiger partial charge in [0.25, 0.3) is 0 Å². The number of aryl methyl sites for hydroxylation is 1. The van der Waals surface area contributed by atoms with Crippen LogP contribution in [0, 0.1) is 23.8 Å². The van der Waals surface area contributed by atoms with Crippen molar-refractivity contribution in [1.82, 2.24) is 9.97 Å².